The second-order valence-corrected chi connectivity index (χ2v) is 5.26. The molecule has 0 aromatic carbocycles. The lowest BCUT2D eigenvalue weighted by Crippen LogP contribution is -2.13. The van der Waals surface area contributed by atoms with Gasteiger partial charge in [0.15, 0.2) is 0 Å². The molecule has 3 heterocycles. The lowest BCUT2D eigenvalue weighted by atomic mass is 9.91. The number of rotatable bonds is 1. The number of fused-ring (bicyclic) bond motifs is 1. The van der Waals surface area contributed by atoms with Gasteiger partial charge in [-0.1, -0.05) is 13.8 Å². The molecule has 3 nitrogen and oxygen atoms in total. The zero-order valence-electron chi connectivity index (χ0n) is 9.64. The molecular formula is C13H15N3. The lowest BCUT2D eigenvalue weighted by molar-refractivity contribution is 0.347. The Morgan fingerprint density at radius 1 is 1.25 bits per heavy atom. The summed E-state index contributed by atoms with van der Waals surface area (Å²) in [6.07, 6.45) is 4.73. The average molecular weight is 213 g/mol. The highest BCUT2D eigenvalue weighted by molar-refractivity contribution is 5.58. The van der Waals surface area contributed by atoms with E-state index in [-0.39, 0.29) is 0 Å². The van der Waals surface area contributed by atoms with Crippen LogP contribution in [0.3, 0.4) is 0 Å². The predicted octanol–water partition coefficient (Wildman–Crippen LogP) is 2.53. The third-order valence-electron chi connectivity index (χ3n) is 3.08. The first-order valence-corrected chi connectivity index (χ1v) is 5.61. The molecule has 1 aliphatic rings. The summed E-state index contributed by atoms with van der Waals surface area (Å²) >= 11 is 0. The van der Waals surface area contributed by atoms with Gasteiger partial charge in [0.2, 0.25) is 0 Å². The zero-order chi connectivity index (χ0) is 11.2. The Balaban J connectivity index is 1.98. The molecule has 0 spiro atoms. The maximum atomic E-state index is 4.65. The number of pyridine rings is 1. The minimum Gasteiger partial charge on any atom is -0.268 e. The molecular weight excluding hydrogens is 198 g/mol. The van der Waals surface area contributed by atoms with E-state index >= 15 is 0 Å². The average Bonchev–Trinajstić information content (AvgIpc) is 2.72. The second kappa shape index (κ2) is 3.17. The van der Waals surface area contributed by atoms with Crippen molar-refractivity contribution >= 4 is 0 Å². The minimum absolute atomic E-state index is 0.360. The fourth-order valence-corrected chi connectivity index (χ4v) is 2.35. The van der Waals surface area contributed by atoms with Crippen molar-refractivity contribution in [1.82, 2.24) is 14.8 Å². The van der Waals surface area contributed by atoms with Gasteiger partial charge in [0, 0.05) is 30.2 Å². The van der Waals surface area contributed by atoms with Crippen molar-refractivity contribution in [3.63, 3.8) is 0 Å². The maximum absolute atomic E-state index is 4.65. The van der Waals surface area contributed by atoms with Gasteiger partial charge in [-0.25, -0.2) is 0 Å². The van der Waals surface area contributed by atoms with Gasteiger partial charge in [0.25, 0.3) is 0 Å². The Labute approximate surface area is 95.1 Å². The molecule has 0 bridgehead atoms. The normalized spacial score (nSPS) is 17.4. The third kappa shape index (κ3) is 1.52. The van der Waals surface area contributed by atoms with Gasteiger partial charge < -0.3 is 0 Å². The van der Waals surface area contributed by atoms with Gasteiger partial charge in [-0.2, -0.15) is 5.10 Å². The van der Waals surface area contributed by atoms with Gasteiger partial charge in [-0.3, -0.25) is 9.67 Å². The van der Waals surface area contributed by atoms with E-state index in [0.29, 0.717) is 5.41 Å². The Morgan fingerprint density at radius 3 is 2.69 bits per heavy atom. The monoisotopic (exact) mass is 213 g/mol. The first kappa shape index (κ1) is 9.58. The van der Waals surface area contributed by atoms with Crippen LogP contribution in [0.2, 0.25) is 0 Å². The highest BCUT2D eigenvalue weighted by Gasteiger charge is 2.29. The minimum atomic E-state index is 0.360. The number of hydrogen-bond donors (Lipinski definition) is 0. The van der Waals surface area contributed by atoms with Crippen LogP contribution in [-0.2, 0) is 13.0 Å². The molecule has 0 saturated carbocycles. The highest BCUT2D eigenvalue weighted by atomic mass is 15.3. The summed E-state index contributed by atoms with van der Waals surface area (Å²) in [5.74, 6) is 0. The van der Waals surface area contributed by atoms with Crippen molar-refractivity contribution in [2.45, 2.75) is 26.8 Å². The van der Waals surface area contributed by atoms with Crippen LogP contribution in [0, 0.1) is 5.41 Å². The molecule has 0 saturated heterocycles. The molecule has 82 valence electrons. The molecule has 0 N–H and O–H groups in total. The van der Waals surface area contributed by atoms with Gasteiger partial charge in [-0.05, 0) is 30.0 Å². The van der Waals surface area contributed by atoms with Crippen molar-refractivity contribution in [2.24, 2.45) is 5.41 Å². The lowest BCUT2D eigenvalue weighted by Gasteiger charge is -2.14. The Kier molecular flexibility index (Phi) is 1.90. The molecule has 0 atom stereocenters. The smallest absolute Gasteiger partial charge is 0.0927 e. The summed E-state index contributed by atoms with van der Waals surface area (Å²) in [5, 5.41) is 4.65. The van der Waals surface area contributed by atoms with Crippen molar-refractivity contribution in [1.29, 1.82) is 0 Å². The summed E-state index contributed by atoms with van der Waals surface area (Å²) in [6.45, 7) is 5.59. The van der Waals surface area contributed by atoms with E-state index in [1.807, 2.05) is 24.5 Å². The number of hydrogen-bond acceptors (Lipinski definition) is 2. The van der Waals surface area contributed by atoms with Crippen LogP contribution < -0.4 is 0 Å². The highest BCUT2D eigenvalue weighted by Crippen LogP contribution is 2.33. The Hall–Kier alpha value is -1.64. The molecule has 0 unspecified atom stereocenters. The zero-order valence-corrected chi connectivity index (χ0v) is 9.64. The van der Waals surface area contributed by atoms with Crippen LogP contribution in [0.1, 0.15) is 19.5 Å². The van der Waals surface area contributed by atoms with Crippen LogP contribution in [-0.4, -0.2) is 14.8 Å². The van der Waals surface area contributed by atoms with Gasteiger partial charge in [-0.15, -0.1) is 0 Å². The molecule has 1 aliphatic heterocycles. The topological polar surface area (TPSA) is 30.7 Å². The summed E-state index contributed by atoms with van der Waals surface area (Å²) < 4.78 is 2.13. The van der Waals surface area contributed by atoms with Crippen LogP contribution in [0.4, 0.5) is 0 Å². The van der Waals surface area contributed by atoms with Gasteiger partial charge in [0.1, 0.15) is 0 Å². The number of nitrogens with zero attached hydrogens (tertiary/aromatic N) is 3. The fourth-order valence-electron chi connectivity index (χ4n) is 2.35. The van der Waals surface area contributed by atoms with E-state index in [9.17, 15) is 0 Å². The van der Waals surface area contributed by atoms with E-state index in [1.54, 1.807) is 0 Å². The molecule has 0 aliphatic carbocycles. The largest absolute Gasteiger partial charge is 0.268 e. The van der Waals surface area contributed by atoms with Crippen LogP contribution in [0.25, 0.3) is 11.3 Å². The van der Waals surface area contributed by atoms with Crippen molar-refractivity contribution in [3.8, 4) is 11.3 Å². The molecule has 2 aromatic rings. The van der Waals surface area contributed by atoms with Crippen molar-refractivity contribution in [2.75, 3.05) is 0 Å². The molecule has 0 fully saturated rings. The van der Waals surface area contributed by atoms with Crippen molar-refractivity contribution in [3.05, 3.63) is 36.3 Å². The number of aromatic nitrogens is 3. The molecule has 0 amide bonds. The first-order chi connectivity index (χ1) is 7.64. The Bertz CT molecular complexity index is 486. The van der Waals surface area contributed by atoms with Crippen molar-refractivity contribution < 1.29 is 0 Å². The van der Waals surface area contributed by atoms with E-state index in [0.717, 1.165) is 24.2 Å². The quantitative estimate of drug-likeness (QED) is 0.728. The SMILES string of the molecule is CC1(C)Cc2cc(-c3ccncc3)nn2C1. The Morgan fingerprint density at radius 2 is 2.00 bits per heavy atom. The molecule has 16 heavy (non-hydrogen) atoms. The van der Waals surface area contributed by atoms with Crippen LogP contribution in [0.5, 0.6) is 0 Å². The maximum Gasteiger partial charge on any atom is 0.0927 e. The summed E-state index contributed by atoms with van der Waals surface area (Å²) in [4.78, 5) is 4.02. The van der Waals surface area contributed by atoms with Crippen LogP contribution in [0.15, 0.2) is 30.6 Å². The van der Waals surface area contributed by atoms with Gasteiger partial charge in [0.05, 0.1) is 5.69 Å². The first-order valence-electron chi connectivity index (χ1n) is 5.61. The fraction of sp³-hybridized carbons (Fsp3) is 0.385. The molecule has 2 aromatic heterocycles. The van der Waals surface area contributed by atoms with E-state index in [1.165, 1.54) is 5.69 Å². The predicted molar refractivity (Wildman–Crippen MR) is 62.9 cm³/mol. The molecule has 3 rings (SSSR count). The standard InChI is InChI=1S/C13H15N3/c1-13(2)8-11-7-12(15-16(11)9-13)10-3-5-14-6-4-10/h3-7H,8-9H2,1-2H3. The summed E-state index contributed by atoms with van der Waals surface area (Å²) in [5.41, 5.74) is 3.92. The summed E-state index contributed by atoms with van der Waals surface area (Å²) in [7, 11) is 0. The molecule has 0 radical (unpaired) electrons. The summed E-state index contributed by atoms with van der Waals surface area (Å²) in [6, 6.07) is 6.20. The van der Waals surface area contributed by atoms with E-state index in [4.69, 9.17) is 0 Å². The molecule has 3 heteroatoms. The van der Waals surface area contributed by atoms with E-state index < -0.39 is 0 Å². The van der Waals surface area contributed by atoms with Crippen LogP contribution >= 0.6 is 0 Å². The van der Waals surface area contributed by atoms with E-state index in [2.05, 4.69) is 34.7 Å². The third-order valence-corrected chi connectivity index (χ3v) is 3.08. The second-order valence-electron chi connectivity index (χ2n) is 5.26. The van der Waals surface area contributed by atoms with Gasteiger partial charge >= 0.3 is 0 Å².